The zero-order valence-corrected chi connectivity index (χ0v) is 78.3. The van der Waals surface area contributed by atoms with E-state index in [2.05, 4.69) is 192 Å². The lowest BCUT2D eigenvalue weighted by Crippen LogP contribution is -1.95. The molecule has 0 saturated heterocycles. The second-order valence-corrected chi connectivity index (χ2v) is 34.7. The van der Waals surface area contributed by atoms with Gasteiger partial charge in [-0.1, -0.05) is 264 Å². The van der Waals surface area contributed by atoms with E-state index in [0.717, 1.165) is 127 Å². The van der Waals surface area contributed by atoms with E-state index in [1.54, 1.807) is 127 Å². The fourth-order valence-corrected chi connectivity index (χ4v) is 20.2. The van der Waals surface area contributed by atoms with Gasteiger partial charge < -0.3 is 28.4 Å². The van der Waals surface area contributed by atoms with Crippen LogP contribution in [0.5, 0.6) is 35.3 Å². The first kappa shape index (κ1) is 91.4. The van der Waals surface area contributed by atoms with Crippen molar-refractivity contribution in [1.82, 2.24) is 34.9 Å². The Morgan fingerprint density at radius 3 is 1.23 bits per heavy atom. The fraction of sp³-hybridized carbons (Fsp3) is 0.0900. The third-order valence-electron chi connectivity index (χ3n) is 19.2. The minimum Gasteiger partial charge on any atom is -0.481 e. The number of pyridine rings is 7. The summed E-state index contributed by atoms with van der Waals surface area (Å²) in [7, 11) is 9.70. The van der Waals surface area contributed by atoms with Gasteiger partial charge in [0, 0.05) is 173 Å². The van der Waals surface area contributed by atoms with Crippen LogP contribution >= 0.6 is 130 Å². The predicted molar refractivity (Wildman–Crippen MR) is 528 cm³/mol. The standard InChI is InChI=1S/C18H14N2OS.C18H15NO2S.C18H13NOS.C17H14ClNOS.C10H7BrClNO.C10H8BrNO.C9H5BrClN/c1-21-18-15-8-5-9-16(17(15)14(10-19)11-20-18)22-12-13-6-3-2-4-7-13;1-21-18-15-8-5-9-16(17(15)14(11-20)10-19-18)22-12-13-6-3-2-4-7-13;1-20-18-14-8-5-9-15-17(14)13(11-19-18)10-16(21-15)12-6-3-2-4-7-12;1-20-17-13-8-5-9-15(16(13)14(18)10-19-17)21-11-12-6-3-2-4-7-12;1-14-10-6-3-2-4-7(11)9(6)8(12)5-13-10;1-13-10-8-3-2-4-9(11)7(8)5-6-12-10;10-8-3-1-2-7-6(8)4-5-12-9(7)11/h2-9,11H,12H2,1H3;2-11H,12H2,1H3;2-11H,1H3;2-10H,11H2,1H3;2-5H,1H3;2-6H,1H3;1-5H. The molecule has 8 heterocycles. The van der Waals surface area contributed by atoms with Crippen LogP contribution in [0.4, 0.5) is 0 Å². The van der Waals surface area contributed by atoms with Crippen molar-refractivity contribution in [2.45, 2.75) is 36.8 Å². The van der Waals surface area contributed by atoms with Crippen molar-refractivity contribution < 1.29 is 33.2 Å². The van der Waals surface area contributed by atoms with Crippen molar-refractivity contribution in [3.63, 3.8) is 0 Å². The van der Waals surface area contributed by atoms with Gasteiger partial charge in [-0.3, -0.25) is 4.79 Å². The number of benzene rings is 11. The molecule has 11 aromatic carbocycles. The van der Waals surface area contributed by atoms with Crippen molar-refractivity contribution in [3.05, 3.63) is 372 Å². The predicted octanol–water partition coefficient (Wildman–Crippen LogP) is 29.1. The zero-order valence-electron chi connectivity index (χ0n) is 68.0. The van der Waals surface area contributed by atoms with Crippen LogP contribution in [-0.4, -0.2) is 83.8 Å². The van der Waals surface area contributed by atoms with Crippen molar-refractivity contribution in [2.24, 2.45) is 0 Å². The molecule has 624 valence electrons. The molecule has 1 aliphatic heterocycles. The highest BCUT2D eigenvalue weighted by Gasteiger charge is 2.21. The summed E-state index contributed by atoms with van der Waals surface area (Å²) < 4.78 is 34.7. The van der Waals surface area contributed by atoms with Gasteiger partial charge >= 0.3 is 0 Å². The zero-order chi connectivity index (χ0) is 87.6. The molecule has 0 fully saturated rings. The minimum atomic E-state index is 0.544. The van der Waals surface area contributed by atoms with Crippen LogP contribution in [-0.2, 0) is 17.3 Å². The number of rotatable bonds is 17. The fourth-order valence-electron chi connectivity index (χ4n) is 13.4. The summed E-state index contributed by atoms with van der Waals surface area (Å²) in [5.41, 5.74) is 7.35. The molecule has 0 saturated carbocycles. The molecule has 0 amide bonds. The van der Waals surface area contributed by atoms with Gasteiger partial charge in [0.2, 0.25) is 35.3 Å². The number of hydrogen-bond donors (Lipinski definition) is 0. The van der Waals surface area contributed by atoms with E-state index >= 15 is 0 Å². The van der Waals surface area contributed by atoms with Crippen molar-refractivity contribution in [2.75, 3.05) is 42.7 Å². The number of thioether (sulfide) groups is 4. The Balaban J connectivity index is 0.000000127. The van der Waals surface area contributed by atoms with E-state index in [9.17, 15) is 10.1 Å². The van der Waals surface area contributed by atoms with Crippen molar-refractivity contribution in [3.8, 4) is 41.3 Å². The highest BCUT2D eigenvalue weighted by Crippen LogP contribution is 2.47. The van der Waals surface area contributed by atoms with Gasteiger partial charge in [-0.05, 0) is 119 Å². The number of nitriles is 1. The maximum Gasteiger partial charge on any atom is 0.221 e. The van der Waals surface area contributed by atoms with Gasteiger partial charge in [0.15, 0.2) is 6.29 Å². The highest BCUT2D eigenvalue weighted by molar-refractivity contribution is 9.11. The number of ether oxygens (including phenoxy) is 6. The molecule has 0 atom stereocenters. The molecule has 0 N–H and O–H groups in total. The van der Waals surface area contributed by atoms with Crippen LogP contribution in [0.3, 0.4) is 0 Å². The molecule has 1 aliphatic rings. The first-order valence-electron chi connectivity index (χ1n) is 38.5. The van der Waals surface area contributed by atoms with Gasteiger partial charge in [0.25, 0.3) is 0 Å². The van der Waals surface area contributed by atoms with Crippen LogP contribution < -0.4 is 28.4 Å². The lowest BCUT2D eigenvalue weighted by molar-refractivity contribution is 0.112. The Labute approximate surface area is 781 Å². The number of aldehydes is 1. The molecule has 0 unspecified atom stereocenters. The summed E-state index contributed by atoms with van der Waals surface area (Å²) in [4.78, 5) is 46.4. The monoisotopic (exact) mass is 1970 g/mol. The number of halogens is 6. The Morgan fingerprint density at radius 2 is 0.736 bits per heavy atom. The lowest BCUT2D eigenvalue weighted by Gasteiger charge is -2.18. The lowest BCUT2D eigenvalue weighted by atomic mass is 10.1. The van der Waals surface area contributed by atoms with Crippen LogP contribution in [0.2, 0.25) is 15.2 Å². The summed E-state index contributed by atoms with van der Waals surface area (Å²) >= 11 is 35.6. The molecule has 125 heavy (non-hydrogen) atoms. The Kier molecular flexibility index (Phi) is 33.3. The van der Waals surface area contributed by atoms with Crippen LogP contribution in [0.25, 0.3) is 86.4 Å². The topological polar surface area (TPSA) is 186 Å². The summed E-state index contributed by atoms with van der Waals surface area (Å²) in [5, 5.41) is 25.1. The van der Waals surface area contributed by atoms with E-state index in [4.69, 9.17) is 63.2 Å². The third kappa shape index (κ3) is 22.7. The Bertz CT molecular complexity index is 6850. The maximum absolute atomic E-state index is 11.4. The van der Waals surface area contributed by atoms with E-state index in [1.807, 2.05) is 170 Å². The third-order valence-corrected chi connectivity index (χ3v) is 26.7. The molecule has 7 aromatic heterocycles. The van der Waals surface area contributed by atoms with Gasteiger partial charge in [-0.25, -0.2) is 34.9 Å². The molecular formula is C100H76Br3Cl3N8O7S4. The van der Waals surface area contributed by atoms with Crippen LogP contribution in [0.15, 0.2) is 337 Å². The molecule has 19 rings (SSSR count). The van der Waals surface area contributed by atoms with Crippen LogP contribution in [0, 0.1) is 11.3 Å². The normalized spacial score (nSPS) is 11.0. The van der Waals surface area contributed by atoms with E-state index in [1.165, 1.54) is 37.4 Å². The first-order valence-corrected chi connectivity index (χ1v) is 45.8. The second-order valence-electron chi connectivity index (χ2n) is 26.9. The maximum atomic E-state index is 11.4. The number of methoxy groups -OCH3 is 6. The largest absolute Gasteiger partial charge is 0.481 e. The molecule has 25 heteroatoms. The van der Waals surface area contributed by atoms with E-state index in [0.29, 0.717) is 61.6 Å². The highest BCUT2D eigenvalue weighted by atomic mass is 79.9. The number of carbonyl (C=O) groups excluding carboxylic acids is 1. The van der Waals surface area contributed by atoms with E-state index in [-0.39, 0.29) is 0 Å². The molecular weight excluding hydrogens is 1900 g/mol. The van der Waals surface area contributed by atoms with Gasteiger partial charge in [0.05, 0.1) is 70.7 Å². The smallest absolute Gasteiger partial charge is 0.221 e. The number of carbonyl (C=O) groups is 1. The second kappa shape index (κ2) is 45.5. The van der Waals surface area contributed by atoms with Gasteiger partial charge in [0.1, 0.15) is 11.2 Å². The van der Waals surface area contributed by atoms with Crippen LogP contribution in [0.1, 0.15) is 43.7 Å². The van der Waals surface area contributed by atoms with Crippen molar-refractivity contribution >= 4 is 222 Å². The molecule has 0 bridgehead atoms. The molecule has 0 radical (unpaired) electrons. The quantitative estimate of drug-likeness (QED) is 0.0475. The summed E-state index contributed by atoms with van der Waals surface area (Å²) in [5.74, 6) is 6.26. The van der Waals surface area contributed by atoms with Gasteiger partial charge in [-0.15, -0.1) is 35.3 Å². The number of fused-ring (bicyclic) bond motifs is 6. The average Bonchev–Trinajstić information content (AvgIpc) is 0.764. The minimum absolute atomic E-state index is 0.544. The molecule has 18 aromatic rings. The summed E-state index contributed by atoms with van der Waals surface area (Å²) in [6, 6.07) is 89.4. The number of hydrogen-bond acceptors (Lipinski definition) is 19. The first-order chi connectivity index (χ1) is 61.2. The number of aromatic nitrogens is 7. The Hall–Kier alpha value is -11.3. The summed E-state index contributed by atoms with van der Waals surface area (Å²) in [6.45, 7) is 0. The SMILES string of the molecule is COc1ncc(C#N)c2c(SCc3ccccc3)cccc12.COc1ncc(C=O)c2c(SCc3ccccc3)cccc12.COc1ncc(Cl)c2c(Br)cccc12.COc1ncc(Cl)c2c(SCc3ccccc3)cccc12.COc1ncc2c3c(cccc13)SC(c1ccccc1)=C2.COc1nccc2c(Br)cccc12.Clc1nccc2c(Br)cccc12. The molecule has 0 aliphatic carbocycles. The molecule has 15 nitrogen and oxygen atoms in total. The number of nitrogens with zero attached hydrogens (tertiary/aromatic N) is 8. The summed E-state index contributed by atoms with van der Waals surface area (Å²) in [6.07, 6.45) is 14.8. The Morgan fingerprint density at radius 1 is 0.360 bits per heavy atom. The average molecular weight is 1980 g/mol. The van der Waals surface area contributed by atoms with Gasteiger partial charge in [-0.2, -0.15) is 5.26 Å². The van der Waals surface area contributed by atoms with E-state index < -0.39 is 0 Å². The van der Waals surface area contributed by atoms with Crippen molar-refractivity contribution in [1.29, 1.82) is 5.26 Å². The molecule has 0 spiro atoms.